The van der Waals surface area contributed by atoms with Crippen LogP contribution in [0.3, 0.4) is 0 Å². The maximum atomic E-state index is 12.0. The van der Waals surface area contributed by atoms with Crippen molar-refractivity contribution in [2.24, 2.45) is 11.7 Å². The molecule has 1 rings (SSSR count). The first-order chi connectivity index (χ1) is 8.74. The predicted molar refractivity (Wildman–Crippen MR) is 70.5 cm³/mol. The summed E-state index contributed by atoms with van der Waals surface area (Å²) in [6.07, 6.45) is 1.28. The lowest BCUT2D eigenvalue weighted by Crippen LogP contribution is -2.50. The van der Waals surface area contributed by atoms with E-state index in [2.05, 4.69) is 4.74 Å². The number of nitrogens with two attached hydrogens (primary N) is 1. The first-order valence-electron chi connectivity index (χ1n) is 6.56. The van der Waals surface area contributed by atoms with Crippen LogP contribution in [-0.4, -0.2) is 48.8 Å². The number of hydrogen-bond donors (Lipinski definition) is 1. The zero-order valence-electron chi connectivity index (χ0n) is 12.1. The van der Waals surface area contributed by atoms with Gasteiger partial charge in [-0.2, -0.15) is 0 Å². The molecule has 19 heavy (non-hydrogen) atoms. The van der Waals surface area contributed by atoms with Crippen LogP contribution in [0, 0.1) is 5.92 Å². The highest BCUT2D eigenvalue weighted by atomic mass is 16.6. The molecule has 110 valence electrons. The minimum atomic E-state index is -0.685. The Balaban J connectivity index is 2.59. The summed E-state index contributed by atoms with van der Waals surface area (Å²) in [6, 6.07) is -0.685. The second-order valence-corrected chi connectivity index (χ2v) is 5.88. The van der Waals surface area contributed by atoms with Gasteiger partial charge in [0.1, 0.15) is 11.6 Å². The SMILES string of the molecule is COC(=O)[C@H](N)[C@@H]1CCCN(C(=O)OC(C)(C)C)C1. The van der Waals surface area contributed by atoms with E-state index in [4.69, 9.17) is 10.5 Å². The number of methoxy groups -OCH3 is 1. The first kappa shape index (κ1) is 15.8. The molecule has 1 fully saturated rings. The predicted octanol–water partition coefficient (Wildman–Crippen LogP) is 1.13. The average Bonchev–Trinajstić information content (AvgIpc) is 2.35. The van der Waals surface area contributed by atoms with Gasteiger partial charge in [-0.15, -0.1) is 0 Å². The monoisotopic (exact) mass is 272 g/mol. The molecule has 0 spiro atoms. The highest BCUT2D eigenvalue weighted by Crippen LogP contribution is 2.21. The van der Waals surface area contributed by atoms with Crippen LogP contribution >= 0.6 is 0 Å². The fourth-order valence-electron chi connectivity index (χ4n) is 2.12. The molecule has 0 aliphatic carbocycles. The van der Waals surface area contributed by atoms with Crippen molar-refractivity contribution in [3.8, 4) is 0 Å². The first-order valence-corrected chi connectivity index (χ1v) is 6.56. The summed E-state index contributed by atoms with van der Waals surface area (Å²) in [5, 5.41) is 0. The van der Waals surface area contributed by atoms with Gasteiger partial charge < -0.3 is 20.1 Å². The van der Waals surface area contributed by atoms with Crippen molar-refractivity contribution in [1.29, 1.82) is 0 Å². The van der Waals surface area contributed by atoms with Crippen LogP contribution < -0.4 is 5.73 Å². The highest BCUT2D eigenvalue weighted by molar-refractivity contribution is 5.76. The second-order valence-electron chi connectivity index (χ2n) is 5.88. The molecule has 2 N–H and O–H groups in total. The van der Waals surface area contributed by atoms with Crippen LogP contribution in [0.4, 0.5) is 4.79 Å². The van der Waals surface area contributed by atoms with Crippen molar-refractivity contribution in [3.63, 3.8) is 0 Å². The minimum Gasteiger partial charge on any atom is -0.468 e. The molecule has 1 aliphatic heterocycles. The molecular weight excluding hydrogens is 248 g/mol. The normalized spacial score (nSPS) is 21.7. The standard InChI is InChI=1S/C13H24N2O4/c1-13(2,3)19-12(17)15-7-5-6-9(8-15)10(14)11(16)18-4/h9-10H,5-8,14H2,1-4H3/t9-,10-/m1/s1. The summed E-state index contributed by atoms with van der Waals surface area (Å²) in [6.45, 7) is 6.55. The molecule has 6 heteroatoms. The van der Waals surface area contributed by atoms with E-state index < -0.39 is 17.6 Å². The summed E-state index contributed by atoms with van der Waals surface area (Å²) < 4.78 is 9.96. The molecule has 0 radical (unpaired) electrons. The van der Waals surface area contributed by atoms with Gasteiger partial charge >= 0.3 is 12.1 Å². The Morgan fingerprint density at radius 2 is 2.00 bits per heavy atom. The fourth-order valence-corrected chi connectivity index (χ4v) is 2.12. The Hall–Kier alpha value is -1.30. The number of amides is 1. The van der Waals surface area contributed by atoms with Crippen molar-refractivity contribution in [3.05, 3.63) is 0 Å². The number of rotatable bonds is 2. The lowest BCUT2D eigenvalue weighted by molar-refractivity contribution is -0.144. The number of ether oxygens (including phenoxy) is 2. The molecule has 0 aromatic carbocycles. The Labute approximate surface area is 114 Å². The number of nitrogens with zero attached hydrogens (tertiary/aromatic N) is 1. The van der Waals surface area contributed by atoms with Gasteiger partial charge in [-0.1, -0.05) is 0 Å². The van der Waals surface area contributed by atoms with Crippen LogP contribution in [0.5, 0.6) is 0 Å². The van der Waals surface area contributed by atoms with Gasteiger partial charge in [0.2, 0.25) is 0 Å². The van der Waals surface area contributed by atoms with Crippen LogP contribution in [0.25, 0.3) is 0 Å². The van der Waals surface area contributed by atoms with E-state index in [9.17, 15) is 9.59 Å². The maximum Gasteiger partial charge on any atom is 0.410 e. The van der Waals surface area contributed by atoms with E-state index in [0.29, 0.717) is 13.1 Å². The van der Waals surface area contributed by atoms with E-state index in [0.717, 1.165) is 12.8 Å². The quantitative estimate of drug-likeness (QED) is 0.762. The molecule has 0 saturated carbocycles. The van der Waals surface area contributed by atoms with Gasteiger partial charge in [0, 0.05) is 19.0 Å². The van der Waals surface area contributed by atoms with Crippen LogP contribution in [0.15, 0.2) is 0 Å². The van der Waals surface area contributed by atoms with Gasteiger partial charge in [0.25, 0.3) is 0 Å². The van der Waals surface area contributed by atoms with Crippen LogP contribution in [0.2, 0.25) is 0 Å². The summed E-state index contributed by atoms with van der Waals surface area (Å²) in [7, 11) is 1.32. The number of carbonyl (C=O) groups excluding carboxylic acids is 2. The Bertz CT molecular complexity index is 338. The van der Waals surface area contributed by atoms with E-state index >= 15 is 0 Å². The summed E-state index contributed by atoms with van der Waals surface area (Å²) in [4.78, 5) is 25.0. The molecule has 2 atom stereocenters. The molecule has 0 aromatic rings. The third-order valence-electron chi connectivity index (χ3n) is 3.09. The number of esters is 1. The topological polar surface area (TPSA) is 81.9 Å². The number of carbonyl (C=O) groups is 2. The lowest BCUT2D eigenvalue weighted by atomic mass is 9.91. The van der Waals surface area contributed by atoms with E-state index in [1.54, 1.807) is 4.90 Å². The van der Waals surface area contributed by atoms with Crippen molar-refractivity contribution < 1.29 is 19.1 Å². The summed E-state index contributed by atoms with van der Waals surface area (Å²) in [5.74, 6) is -0.509. The third kappa shape index (κ3) is 4.70. The van der Waals surface area contributed by atoms with Crippen molar-refractivity contribution in [1.82, 2.24) is 4.90 Å². The van der Waals surface area contributed by atoms with E-state index in [1.807, 2.05) is 20.8 Å². The Kier molecular flexibility index (Phi) is 5.17. The number of hydrogen-bond acceptors (Lipinski definition) is 5. The molecule has 1 saturated heterocycles. The zero-order valence-corrected chi connectivity index (χ0v) is 12.1. The minimum absolute atomic E-state index is 0.0753. The molecular formula is C13H24N2O4. The molecule has 6 nitrogen and oxygen atoms in total. The molecule has 1 heterocycles. The number of likely N-dealkylation sites (tertiary alicyclic amines) is 1. The molecule has 1 aliphatic rings. The van der Waals surface area contributed by atoms with Gasteiger partial charge in [-0.05, 0) is 33.6 Å². The molecule has 1 amide bonds. The van der Waals surface area contributed by atoms with Gasteiger partial charge in [0.15, 0.2) is 0 Å². The van der Waals surface area contributed by atoms with Gasteiger partial charge in [-0.3, -0.25) is 4.79 Å². The average molecular weight is 272 g/mol. The zero-order chi connectivity index (χ0) is 14.6. The largest absolute Gasteiger partial charge is 0.468 e. The van der Waals surface area contributed by atoms with E-state index in [1.165, 1.54) is 7.11 Å². The second kappa shape index (κ2) is 6.23. The fraction of sp³-hybridized carbons (Fsp3) is 0.846. The Morgan fingerprint density at radius 3 is 2.53 bits per heavy atom. The molecule has 0 aromatic heterocycles. The molecule has 0 unspecified atom stereocenters. The highest BCUT2D eigenvalue weighted by Gasteiger charge is 2.33. The Morgan fingerprint density at radius 1 is 1.37 bits per heavy atom. The summed E-state index contributed by atoms with van der Waals surface area (Å²) in [5.41, 5.74) is 5.32. The number of piperidine rings is 1. The van der Waals surface area contributed by atoms with Gasteiger partial charge in [0.05, 0.1) is 7.11 Å². The van der Waals surface area contributed by atoms with Gasteiger partial charge in [-0.25, -0.2) is 4.79 Å². The van der Waals surface area contributed by atoms with Crippen molar-refractivity contribution in [2.45, 2.75) is 45.3 Å². The van der Waals surface area contributed by atoms with Crippen LogP contribution in [0.1, 0.15) is 33.6 Å². The van der Waals surface area contributed by atoms with E-state index in [-0.39, 0.29) is 12.0 Å². The maximum absolute atomic E-state index is 12.0. The van der Waals surface area contributed by atoms with Crippen molar-refractivity contribution in [2.75, 3.05) is 20.2 Å². The molecule has 0 bridgehead atoms. The summed E-state index contributed by atoms with van der Waals surface area (Å²) >= 11 is 0. The lowest BCUT2D eigenvalue weighted by Gasteiger charge is -2.35. The van der Waals surface area contributed by atoms with Crippen molar-refractivity contribution >= 4 is 12.1 Å². The van der Waals surface area contributed by atoms with Crippen LogP contribution in [-0.2, 0) is 14.3 Å². The smallest absolute Gasteiger partial charge is 0.410 e. The third-order valence-corrected chi connectivity index (χ3v) is 3.09.